The molecule has 2 aromatic carbocycles. The van der Waals surface area contributed by atoms with Crippen LogP contribution in [0.5, 0.6) is 17.2 Å². The number of benzene rings is 2. The van der Waals surface area contributed by atoms with Crippen molar-refractivity contribution in [1.29, 1.82) is 0 Å². The van der Waals surface area contributed by atoms with Crippen LogP contribution in [-0.2, 0) is 6.42 Å². The Hall–Kier alpha value is -2.22. The molecule has 1 saturated heterocycles. The first-order valence-electron chi connectivity index (χ1n) is 10.8. The van der Waals surface area contributed by atoms with Crippen molar-refractivity contribution in [3.63, 3.8) is 0 Å². The van der Waals surface area contributed by atoms with Gasteiger partial charge in [0.2, 0.25) is 0 Å². The molecule has 0 aliphatic carbocycles. The normalized spacial score (nSPS) is 14.7. The lowest BCUT2D eigenvalue weighted by Crippen LogP contribution is -2.48. The minimum Gasteiger partial charge on any atom is -0.497 e. The molecule has 0 spiro atoms. The van der Waals surface area contributed by atoms with Gasteiger partial charge in [0.05, 0.1) is 32.0 Å². The first-order valence-corrected chi connectivity index (χ1v) is 11.5. The zero-order chi connectivity index (χ0) is 23.1. The van der Waals surface area contributed by atoms with Crippen LogP contribution in [0.15, 0.2) is 36.4 Å². The number of nitrogens with one attached hydrogen (secondary N) is 1. The molecule has 1 heterocycles. The highest BCUT2D eigenvalue weighted by Crippen LogP contribution is 2.29. The fraction of sp³-hybridized carbons (Fsp3) is 0.458. The average molecular weight is 478 g/mol. The zero-order valence-corrected chi connectivity index (χ0v) is 20.8. The summed E-state index contributed by atoms with van der Waals surface area (Å²) < 4.78 is 16.1. The van der Waals surface area contributed by atoms with Crippen molar-refractivity contribution in [3.8, 4) is 17.2 Å². The number of methoxy groups -OCH3 is 3. The third-order valence-electron chi connectivity index (χ3n) is 5.90. The maximum atomic E-state index is 6.44. The number of hydrogen-bond donors (Lipinski definition) is 1. The molecule has 0 amide bonds. The molecule has 1 fully saturated rings. The number of likely N-dealkylation sites (tertiary alicyclic amines) is 1. The number of piperidine rings is 1. The number of halogens is 1. The molecule has 174 valence electrons. The van der Waals surface area contributed by atoms with E-state index < -0.39 is 0 Å². The first-order chi connectivity index (χ1) is 15.4. The quantitative estimate of drug-likeness (QED) is 0.553. The molecule has 3 rings (SSSR count). The molecule has 0 saturated carbocycles. The van der Waals surface area contributed by atoms with Crippen LogP contribution in [0, 0.1) is 0 Å². The topological polar surface area (TPSA) is 46.2 Å². The molecule has 0 unspecified atom stereocenters. The Morgan fingerprint density at radius 1 is 1.06 bits per heavy atom. The van der Waals surface area contributed by atoms with Crippen LogP contribution in [0.4, 0.5) is 5.69 Å². The van der Waals surface area contributed by atoms with Gasteiger partial charge in [-0.05, 0) is 81.4 Å². The minimum atomic E-state index is 0.378. The molecule has 0 radical (unpaired) electrons. The number of hydrogen-bond acceptors (Lipinski definition) is 5. The van der Waals surface area contributed by atoms with Gasteiger partial charge in [-0.3, -0.25) is 0 Å². The highest BCUT2D eigenvalue weighted by molar-refractivity contribution is 7.80. The van der Waals surface area contributed by atoms with Gasteiger partial charge in [0.1, 0.15) is 5.75 Å². The third kappa shape index (κ3) is 6.18. The van der Waals surface area contributed by atoms with E-state index in [2.05, 4.69) is 28.2 Å². The molecule has 32 heavy (non-hydrogen) atoms. The number of nitrogens with zero attached hydrogens (tertiary/aromatic N) is 2. The first kappa shape index (κ1) is 24.4. The van der Waals surface area contributed by atoms with Gasteiger partial charge in [-0.2, -0.15) is 0 Å². The van der Waals surface area contributed by atoms with Crippen molar-refractivity contribution in [2.45, 2.75) is 25.3 Å². The molecule has 0 bridgehead atoms. The SMILES string of the molecule is COc1ccc(NC(=S)N(CCc2ccc(OC)c(OC)c2)C2CCN(C)CC2)c(Cl)c1. The highest BCUT2D eigenvalue weighted by atomic mass is 35.5. The summed E-state index contributed by atoms with van der Waals surface area (Å²) >= 11 is 12.3. The number of thiocarbonyl (C=S) groups is 1. The summed E-state index contributed by atoms with van der Waals surface area (Å²) in [4.78, 5) is 4.67. The summed E-state index contributed by atoms with van der Waals surface area (Å²) in [5, 5.41) is 4.62. The smallest absolute Gasteiger partial charge is 0.173 e. The van der Waals surface area contributed by atoms with E-state index in [9.17, 15) is 0 Å². The Labute approximate surface area is 201 Å². The largest absolute Gasteiger partial charge is 0.497 e. The van der Waals surface area contributed by atoms with Gasteiger partial charge in [-0.15, -0.1) is 0 Å². The number of rotatable bonds is 8. The van der Waals surface area contributed by atoms with Crippen LogP contribution >= 0.6 is 23.8 Å². The molecular formula is C24H32ClN3O3S. The second kappa shape index (κ2) is 11.6. The Morgan fingerprint density at radius 3 is 2.41 bits per heavy atom. The van der Waals surface area contributed by atoms with Gasteiger partial charge in [-0.25, -0.2) is 0 Å². The molecule has 0 aromatic heterocycles. The molecular weight excluding hydrogens is 446 g/mol. The summed E-state index contributed by atoms with van der Waals surface area (Å²) in [6, 6.07) is 12.0. The molecule has 1 N–H and O–H groups in total. The average Bonchev–Trinajstić information content (AvgIpc) is 2.81. The van der Waals surface area contributed by atoms with Crippen molar-refractivity contribution in [2.75, 3.05) is 53.3 Å². The van der Waals surface area contributed by atoms with E-state index in [1.807, 2.05) is 24.3 Å². The molecule has 2 aromatic rings. The molecule has 1 aliphatic heterocycles. The minimum absolute atomic E-state index is 0.378. The lowest BCUT2D eigenvalue weighted by Gasteiger charge is -2.39. The Bertz CT molecular complexity index is 919. The van der Waals surface area contributed by atoms with E-state index in [1.165, 1.54) is 5.56 Å². The highest BCUT2D eigenvalue weighted by Gasteiger charge is 2.25. The summed E-state index contributed by atoms with van der Waals surface area (Å²) in [6.07, 6.45) is 2.98. The summed E-state index contributed by atoms with van der Waals surface area (Å²) in [7, 11) is 7.09. The maximum Gasteiger partial charge on any atom is 0.173 e. The van der Waals surface area contributed by atoms with Crippen LogP contribution in [0.25, 0.3) is 0 Å². The predicted octanol–water partition coefficient (Wildman–Crippen LogP) is 4.70. The van der Waals surface area contributed by atoms with Crippen molar-refractivity contribution in [1.82, 2.24) is 9.80 Å². The molecule has 8 heteroatoms. The van der Waals surface area contributed by atoms with Crippen LogP contribution in [0.1, 0.15) is 18.4 Å². The fourth-order valence-electron chi connectivity index (χ4n) is 3.95. The van der Waals surface area contributed by atoms with Crippen LogP contribution in [0.3, 0.4) is 0 Å². The number of anilines is 1. The van der Waals surface area contributed by atoms with Gasteiger partial charge in [0, 0.05) is 18.7 Å². The van der Waals surface area contributed by atoms with Gasteiger partial charge < -0.3 is 29.3 Å². The van der Waals surface area contributed by atoms with Gasteiger partial charge in [0.15, 0.2) is 16.6 Å². The summed E-state index contributed by atoms with van der Waals surface area (Å²) in [5.41, 5.74) is 1.95. The van der Waals surface area contributed by atoms with Crippen molar-refractivity contribution >= 4 is 34.6 Å². The number of ether oxygens (including phenoxy) is 3. The molecule has 1 aliphatic rings. The van der Waals surface area contributed by atoms with E-state index in [0.717, 1.165) is 56.1 Å². The Kier molecular flexibility index (Phi) is 8.84. The second-order valence-corrected chi connectivity index (χ2v) is 8.74. The third-order valence-corrected chi connectivity index (χ3v) is 6.55. The molecule has 0 atom stereocenters. The second-order valence-electron chi connectivity index (χ2n) is 7.94. The van der Waals surface area contributed by atoms with Crippen LogP contribution < -0.4 is 19.5 Å². The zero-order valence-electron chi connectivity index (χ0n) is 19.2. The Balaban J connectivity index is 1.75. The fourth-order valence-corrected chi connectivity index (χ4v) is 4.52. The lowest BCUT2D eigenvalue weighted by molar-refractivity contribution is 0.178. The van der Waals surface area contributed by atoms with Crippen molar-refractivity contribution < 1.29 is 14.2 Å². The van der Waals surface area contributed by atoms with E-state index in [0.29, 0.717) is 21.9 Å². The van der Waals surface area contributed by atoms with Gasteiger partial charge >= 0.3 is 0 Å². The van der Waals surface area contributed by atoms with E-state index >= 15 is 0 Å². The van der Waals surface area contributed by atoms with E-state index in [4.69, 9.17) is 38.0 Å². The monoisotopic (exact) mass is 477 g/mol. The van der Waals surface area contributed by atoms with Crippen molar-refractivity contribution in [3.05, 3.63) is 47.0 Å². The summed E-state index contributed by atoms with van der Waals surface area (Å²) in [5.74, 6) is 2.18. The summed E-state index contributed by atoms with van der Waals surface area (Å²) in [6.45, 7) is 2.91. The van der Waals surface area contributed by atoms with E-state index in [-0.39, 0.29) is 0 Å². The Morgan fingerprint density at radius 2 is 1.78 bits per heavy atom. The van der Waals surface area contributed by atoms with Crippen molar-refractivity contribution in [2.24, 2.45) is 0 Å². The predicted molar refractivity (Wildman–Crippen MR) is 135 cm³/mol. The van der Waals surface area contributed by atoms with Crippen LogP contribution in [0.2, 0.25) is 5.02 Å². The lowest BCUT2D eigenvalue weighted by atomic mass is 10.0. The van der Waals surface area contributed by atoms with Gasteiger partial charge in [0.25, 0.3) is 0 Å². The van der Waals surface area contributed by atoms with Gasteiger partial charge in [-0.1, -0.05) is 17.7 Å². The van der Waals surface area contributed by atoms with E-state index in [1.54, 1.807) is 27.4 Å². The maximum absolute atomic E-state index is 6.44. The standard InChI is InChI=1S/C24H32ClN3O3S/c1-27-12-10-18(11-13-27)28(14-9-17-5-8-22(30-3)23(15-17)31-4)24(32)26-21-7-6-19(29-2)16-20(21)25/h5-8,15-16,18H,9-14H2,1-4H3,(H,26,32). The molecule has 6 nitrogen and oxygen atoms in total. The van der Waals surface area contributed by atoms with Crippen LogP contribution in [-0.4, -0.2) is 69.0 Å².